The maximum absolute atomic E-state index is 12.0. The third kappa shape index (κ3) is 4.31. The monoisotopic (exact) mass is 291 g/mol. The Morgan fingerprint density at radius 3 is 2.33 bits per heavy atom. The van der Waals surface area contributed by atoms with E-state index in [1.807, 2.05) is 26.8 Å². The molecular weight excluding hydrogens is 266 g/mol. The maximum Gasteiger partial charge on any atom is 0.241 e. The van der Waals surface area contributed by atoms with Crippen molar-refractivity contribution in [3.8, 4) is 0 Å². The van der Waals surface area contributed by atoms with Crippen LogP contribution in [0.3, 0.4) is 0 Å². The van der Waals surface area contributed by atoms with Gasteiger partial charge in [0.2, 0.25) is 5.91 Å². The van der Waals surface area contributed by atoms with Crippen LogP contribution in [0.5, 0.6) is 0 Å². The van der Waals surface area contributed by atoms with Crippen molar-refractivity contribution in [2.24, 2.45) is 0 Å². The van der Waals surface area contributed by atoms with E-state index in [0.717, 1.165) is 49.9 Å². The van der Waals surface area contributed by atoms with Crippen LogP contribution in [0.4, 0.5) is 11.6 Å². The fraction of sp³-hybridized carbons (Fsp3) is 0.667. The van der Waals surface area contributed by atoms with Crippen molar-refractivity contribution in [1.82, 2.24) is 14.9 Å². The van der Waals surface area contributed by atoms with Gasteiger partial charge in [-0.2, -0.15) is 0 Å². The van der Waals surface area contributed by atoms with Gasteiger partial charge >= 0.3 is 0 Å². The van der Waals surface area contributed by atoms with Gasteiger partial charge in [-0.1, -0.05) is 0 Å². The molecule has 0 spiro atoms. The van der Waals surface area contributed by atoms with Crippen molar-refractivity contribution in [2.45, 2.75) is 39.5 Å². The molecule has 0 aliphatic heterocycles. The SMILES string of the molecule is CCNc1cc(NCC(=O)N(CC)CC)nc(C2CC2)n1. The molecule has 1 aliphatic rings. The van der Waals surface area contributed by atoms with E-state index in [4.69, 9.17) is 0 Å². The van der Waals surface area contributed by atoms with Gasteiger partial charge in [0, 0.05) is 31.6 Å². The molecule has 1 amide bonds. The van der Waals surface area contributed by atoms with E-state index in [-0.39, 0.29) is 12.5 Å². The van der Waals surface area contributed by atoms with Gasteiger partial charge in [-0.15, -0.1) is 0 Å². The summed E-state index contributed by atoms with van der Waals surface area (Å²) in [6.45, 7) is 8.57. The summed E-state index contributed by atoms with van der Waals surface area (Å²) in [5, 5.41) is 6.35. The quantitative estimate of drug-likeness (QED) is 0.767. The van der Waals surface area contributed by atoms with Gasteiger partial charge < -0.3 is 15.5 Å². The summed E-state index contributed by atoms with van der Waals surface area (Å²) in [5.41, 5.74) is 0. The van der Waals surface area contributed by atoms with Gasteiger partial charge in [0.25, 0.3) is 0 Å². The van der Waals surface area contributed by atoms with Crippen molar-refractivity contribution in [2.75, 3.05) is 36.8 Å². The van der Waals surface area contributed by atoms with Gasteiger partial charge in [0.15, 0.2) is 0 Å². The second-order valence-corrected chi connectivity index (χ2v) is 5.22. The summed E-state index contributed by atoms with van der Waals surface area (Å²) >= 11 is 0. The number of aromatic nitrogens is 2. The molecule has 1 aromatic rings. The largest absolute Gasteiger partial charge is 0.370 e. The molecule has 1 saturated carbocycles. The molecule has 1 aliphatic carbocycles. The molecule has 6 nitrogen and oxygen atoms in total. The predicted molar refractivity (Wildman–Crippen MR) is 84.6 cm³/mol. The van der Waals surface area contributed by atoms with Crippen molar-refractivity contribution >= 4 is 17.5 Å². The second-order valence-electron chi connectivity index (χ2n) is 5.22. The normalized spacial score (nSPS) is 13.9. The summed E-state index contributed by atoms with van der Waals surface area (Å²) < 4.78 is 0. The Morgan fingerprint density at radius 1 is 1.19 bits per heavy atom. The highest BCUT2D eigenvalue weighted by molar-refractivity contribution is 5.80. The van der Waals surface area contributed by atoms with Gasteiger partial charge in [-0.05, 0) is 33.6 Å². The number of hydrogen-bond donors (Lipinski definition) is 2. The molecule has 0 unspecified atom stereocenters. The Labute approximate surface area is 126 Å². The van der Waals surface area contributed by atoms with Gasteiger partial charge in [-0.3, -0.25) is 4.79 Å². The van der Waals surface area contributed by atoms with E-state index < -0.39 is 0 Å². The molecule has 1 fully saturated rings. The number of rotatable bonds is 8. The third-order valence-corrected chi connectivity index (χ3v) is 3.58. The number of carbonyl (C=O) groups is 1. The van der Waals surface area contributed by atoms with E-state index in [2.05, 4.69) is 20.6 Å². The highest BCUT2D eigenvalue weighted by Gasteiger charge is 2.27. The van der Waals surface area contributed by atoms with E-state index in [0.29, 0.717) is 5.92 Å². The highest BCUT2D eigenvalue weighted by Crippen LogP contribution is 2.38. The molecule has 21 heavy (non-hydrogen) atoms. The van der Waals surface area contributed by atoms with Crippen LogP contribution in [0.2, 0.25) is 0 Å². The van der Waals surface area contributed by atoms with E-state index in [9.17, 15) is 4.79 Å². The highest BCUT2D eigenvalue weighted by atomic mass is 16.2. The molecule has 0 saturated heterocycles. The molecular formula is C15H25N5O. The average molecular weight is 291 g/mol. The first-order valence-electron chi connectivity index (χ1n) is 7.82. The van der Waals surface area contributed by atoms with Gasteiger partial charge in [0.05, 0.1) is 6.54 Å². The Kier molecular flexibility index (Phi) is 5.36. The lowest BCUT2D eigenvalue weighted by atomic mass is 10.3. The topological polar surface area (TPSA) is 70.2 Å². The molecule has 2 N–H and O–H groups in total. The summed E-state index contributed by atoms with van der Waals surface area (Å²) in [5.74, 6) is 3.01. The summed E-state index contributed by atoms with van der Waals surface area (Å²) in [7, 11) is 0. The molecule has 2 rings (SSSR count). The first-order valence-corrected chi connectivity index (χ1v) is 7.82. The van der Waals surface area contributed by atoms with Crippen molar-refractivity contribution in [1.29, 1.82) is 0 Å². The van der Waals surface area contributed by atoms with Crippen LogP contribution in [-0.4, -0.2) is 47.0 Å². The van der Waals surface area contributed by atoms with Crippen LogP contribution in [-0.2, 0) is 4.79 Å². The molecule has 0 atom stereocenters. The molecule has 116 valence electrons. The second kappa shape index (κ2) is 7.24. The standard InChI is InChI=1S/C15H25N5O/c1-4-16-12-9-13(19-15(18-12)11-7-8-11)17-10-14(21)20(5-2)6-3/h9,11H,4-8,10H2,1-3H3,(H2,16,17,18,19). The molecule has 1 aromatic heterocycles. The summed E-state index contributed by atoms with van der Waals surface area (Å²) in [4.78, 5) is 22.9. The Hall–Kier alpha value is -1.85. The number of nitrogens with zero attached hydrogens (tertiary/aromatic N) is 3. The minimum Gasteiger partial charge on any atom is -0.370 e. The van der Waals surface area contributed by atoms with Gasteiger partial charge in [0.1, 0.15) is 17.5 Å². The Morgan fingerprint density at radius 2 is 1.81 bits per heavy atom. The fourth-order valence-electron chi connectivity index (χ4n) is 2.21. The predicted octanol–water partition coefficient (Wildman–Crippen LogP) is 2.07. The number of carbonyl (C=O) groups excluding carboxylic acids is 1. The smallest absolute Gasteiger partial charge is 0.241 e. The molecule has 0 bridgehead atoms. The van der Waals surface area contributed by atoms with E-state index >= 15 is 0 Å². The maximum atomic E-state index is 12.0. The number of anilines is 2. The molecule has 0 aromatic carbocycles. The van der Waals surface area contributed by atoms with Crippen LogP contribution in [0.1, 0.15) is 45.4 Å². The summed E-state index contributed by atoms with van der Waals surface area (Å²) in [6.07, 6.45) is 2.32. The first-order chi connectivity index (χ1) is 10.2. The Balaban J connectivity index is 2.03. The Bertz CT molecular complexity index is 483. The lowest BCUT2D eigenvalue weighted by Gasteiger charge is -2.19. The summed E-state index contributed by atoms with van der Waals surface area (Å²) in [6, 6.07) is 1.87. The van der Waals surface area contributed by atoms with E-state index in [1.165, 1.54) is 0 Å². The molecule has 1 heterocycles. The van der Waals surface area contributed by atoms with Crippen LogP contribution >= 0.6 is 0 Å². The lowest BCUT2D eigenvalue weighted by Crippen LogP contribution is -2.35. The third-order valence-electron chi connectivity index (χ3n) is 3.58. The minimum absolute atomic E-state index is 0.0941. The zero-order valence-electron chi connectivity index (χ0n) is 13.1. The van der Waals surface area contributed by atoms with Crippen LogP contribution in [0, 0.1) is 0 Å². The number of likely N-dealkylation sites (N-methyl/N-ethyl adjacent to an activating group) is 1. The lowest BCUT2D eigenvalue weighted by molar-refractivity contribution is -0.128. The molecule has 0 radical (unpaired) electrons. The minimum atomic E-state index is 0.0941. The zero-order chi connectivity index (χ0) is 15.2. The number of amides is 1. The molecule has 6 heteroatoms. The number of hydrogen-bond acceptors (Lipinski definition) is 5. The fourth-order valence-corrected chi connectivity index (χ4v) is 2.21. The van der Waals surface area contributed by atoms with Crippen LogP contribution < -0.4 is 10.6 Å². The average Bonchev–Trinajstić information content (AvgIpc) is 3.31. The van der Waals surface area contributed by atoms with Crippen molar-refractivity contribution in [3.63, 3.8) is 0 Å². The first kappa shape index (κ1) is 15.5. The van der Waals surface area contributed by atoms with Crippen molar-refractivity contribution < 1.29 is 4.79 Å². The van der Waals surface area contributed by atoms with Crippen LogP contribution in [0.25, 0.3) is 0 Å². The van der Waals surface area contributed by atoms with Gasteiger partial charge in [-0.25, -0.2) is 9.97 Å². The number of nitrogens with one attached hydrogen (secondary N) is 2. The zero-order valence-corrected chi connectivity index (χ0v) is 13.1. The van der Waals surface area contributed by atoms with E-state index in [1.54, 1.807) is 4.90 Å². The van der Waals surface area contributed by atoms with Crippen LogP contribution in [0.15, 0.2) is 6.07 Å². The van der Waals surface area contributed by atoms with Crippen molar-refractivity contribution in [3.05, 3.63) is 11.9 Å².